The molecule has 1 aromatic heterocycles. The van der Waals surface area contributed by atoms with Gasteiger partial charge in [-0.1, -0.05) is 12.1 Å². The lowest BCUT2D eigenvalue weighted by Crippen LogP contribution is -2.39. The topological polar surface area (TPSA) is 106 Å². The van der Waals surface area contributed by atoms with Crippen LogP contribution in [0.15, 0.2) is 24.3 Å². The Hall–Kier alpha value is -1.96. The largest absolute Gasteiger partial charge is 0.383 e. The molecule has 0 bridgehead atoms. The number of halogens is 1. The molecule has 1 aliphatic rings. The maximum Gasteiger partial charge on any atom is 0.243 e. The van der Waals surface area contributed by atoms with Gasteiger partial charge in [-0.3, -0.25) is 9.89 Å². The van der Waals surface area contributed by atoms with E-state index in [1.165, 1.54) is 20.0 Å². The molecule has 0 radical (unpaired) electrons. The van der Waals surface area contributed by atoms with Crippen molar-refractivity contribution in [1.82, 2.24) is 15.2 Å². The fourth-order valence-corrected chi connectivity index (χ4v) is 2.17. The minimum absolute atomic E-state index is 0. The number of hydrogen-bond acceptors (Lipinski definition) is 5. The summed E-state index contributed by atoms with van der Waals surface area (Å²) in [5.41, 5.74) is 7.21. The molecule has 1 unspecified atom stereocenters. The van der Waals surface area contributed by atoms with Crippen LogP contribution >= 0.6 is 12.4 Å². The van der Waals surface area contributed by atoms with E-state index in [0.29, 0.717) is 17.4 Å². The van der Waals surface area contributed by atoms with E-state index < -0.39 is 6.04 Å². The van der Waals surface area contributed by atoms with Gasteiger partial charge in [-0.25, -0.2) is 4.98 Å². The van der Waals surface area contributed by atoms with Gasteiger partial charge in [-0.05, 0) is 25.0 Å². The van der Waals surface area contributed by atoms with Crippen molar-refractivity contribution in [2.45, 2.75) is 24.8 Å². The molecule has 7 nitrogen and oxygen atoms in total. The first-order chi connectivity index (χ1) is 10.7. The Kier molecular flexibility index (Phi) is 5.70. The first-order valence-electron chi connectivity index (χ1n) is 7.25. The lowest BCUT2D eigenvalue weighted by Gasteiger charge is -2.11. The molecule has 4 N–H and O–H groups in total. The Bertz CT molecular complexity index is 671. The standard InChI is InChI=1S/C15H19N5O2.ClH/c1-22-8-12(16)15(21)17-11-4-2-3-10(7-11)14-18-13(19-20-14)9-5-6-9;/h2-4,7,9,12H,5-6,8,16H2,1H3,(H,17,21)(H,18,19,20);1H. The van der Waals surface area contributed by atoms with Crippen molar-refractivity contribution in [2.75, 3.05) is 19.0 Å². The van der Waals surface area contributed by atoms with Crippen LogP contribution < -0.4 is 11.1 Å². The van der Waals surface area contributed by atoms with Crippen LogP contribution in [0.1, 0.15) is 24.6 Å². The molecule has 3 rings (SSSR count). The summed E-state index contributed by atoms with van der Waals surface area (Å²) in [6.07, 6.45) is 2.34. The van der Waals surface area contributed by atoms with E-state index in [4.69, 9.17) is 10.5 Å². The third kappa shape index (κ3) is 4.28. The van der Waals surface area contributed by atoms with Crippen molar-refractivity contribution in [3.63, 3.8) is 0 Å². The number of carbonyl (C=O) groups excluding carboxylic acids is 1. The predicted octanol–water partition coefficient (Wildman–Crippen LogP) is 1.68. The van der Waals surface area contributed by atoms with Crippen molar-refractivity contribution in [3.8, 4) is 11.4 Å². The minimum Gasteiger partial charge on any atom is -0.383 e. The smallest absolute Gasteiger partial charge is 0.243 e. The van der Waals surface area contributed by atoms with E-state index in [9.17, 15) is 4.79 Å². The second-order valence-electron chi connectivity index (χ2n) is 5.45. The minimum atomic E-state index is -0.696. The average molecular weight is 338 g/mol. The van der Waals surface area contributed by atoms with Gasteiger partial charge in [0.15, 0.2) is 5.82 Å². The molecule has 8 heteroatoms. The Morgan fingerprint density at radius 3 is 3.00 bits per heavy atom. The number of anilines is 1. The summed E-state index contributed by atoms with van der Waals surface area (Å²) in [5.74, 6) is 1.81. The highest BCUT2D eigenvalue weighted by molar-refractivity contribution is 5.95. The van der Waals surface area contributed by atoms with Gasteiger partial charge in [0.25, 0.3) is 0 Å². The first-order valence-corrected chi connectivity index (χ1v) is 7.25. The number of nitrogens with zero attached hydrogens (tertiary/aromatic N) is 2. The summed E-state index contributed by atoms with van der Waals surface area (Å²) in [6, 6.07) is 6.69. The number of ether oxygens (including phenoxy) is 1. The summed E-state index contributed by atoms with van der Waals surface area (Å²) < 4.78 is 4.88. The molecule has 0 saturated heterocycles. The number of amides is 1. The van der Waals surface area contributed by atoms with E-state index in [1.807, 2.05) is 18.2 Å². The van der Waals surface area contributed by atoms with Crippen LogP contribution in [-0.4, -0.2) is 40.8 Å². The summed E-state index contributed by atoms with van der Waals surface area (Å²) in [6.45, 7) is 0.178. The van der Waals surface area contributed by atoms with E-state index in [2.05, 4.69) is 20.5 Å². The summed E-state index contributed by atoms with van der Waals surface area (Å²) in [5, 5.41) is 9.98. The molecule has 1 aliphatic carbocycles. The lowest BCUT2D eigenvalue weighted by atomic mass is 10.2. The number of aromatic nitrogens is 3. The molecular weight excluding hydrogens is 318 g/mol. The van der Waals surface area contributed by atoms with Crippen LogP contribution in [0.4, 0.5) is 5.69 Å². The molecule has 23 heavy (non-hydrogen) atoms. The van der Waals surface area contributed by atoms with Gasteiger partial charge < -0.3 is 15.8 Å². The van der Waals surface area contributed by atoms with Gasteiger partial charge in [-0.15, -0.1) is 12.4 Å². The average Bonchev–Trinajstić information content (AvgIpc) is 3.25. The summed E-state index contributed by atoms with van der Waals surface area (Å²) >= 11 is 0. The normalized spacial score (nSPS) is 14.9. The van der Waals surface area contributed by atoms with E-state index in [0.717, 1.165) is 11.4 Å². The highest BCUT2D eigenvalue weighted by atomic mass is 35.5. The first kappa shape index (κ1) is 17.4. The third-order valence-electron chi connectivity index (χ3n) is 3.54. The van der Waals surface area contributed by atoms with Gasteiger partial charge >= 0.3 is 0 Å². The maximum absolute atomic E-state index is 11.9. The molecule has 0 spiro atoms. The zero-order valence-electron chi connectivity index (χ0n) is 12.8. The quantitative estimate of drug-likeness (QED) is 0.743. The highest BCUT2D eigenvalue weighted by Crippen LogP contribution is 2.38. The molecule has 1 heterocycles. The number of nitrogens with one attached hydrogen (secondary N) is 2. The SMILES string of the molecule is COCC(N)C(=O)Nc1cccc(-c2n[nH]c(C3CC3)n2)c1.Cl. The van der Waals surface area contributed by atoms with E-state index in [-0.39, 0.29) is 24.9 Å². The van der Waals surface area contributed by atoms with Crippen LogP contribution in [0.5, 0.6) is 0 Å². The number of nitrogens with two attached hydrogens (primary N) is 1. The van der Waals surface area contributed by atoms with Gasteiger partial charge in [0.2, 0.25) is 5.91 Å². The Labute approximate surface area is 140 Å². The van der Waals surface area contributed by atoms with Crippen LogP contribution in [0.2, 0.25) is 0 Å². The Morgan fingerprint density at radius 1 is 1.52 bits per heavy atom. The maximum atomic E-state index is 11.9. The zero-order chi connectivity index (χ0) is 15.5. The molecule has 1 saturated carbocycles. The van der Waals surface area contributed by atoms with Crippen LogP contribution in [-0.2, 0) is 9.53 Å². The number of rotatable bonds is 6. The van der Waals surface area contributed by atoms with Crippen LogP contribution in [0, 0.1) is 0 Å². The molecule has 124 valence electrons. The summed E-state index contributed by atoms with van der Waals surface area (Å²) in [7, 11) is 1.51. The second kappa shape index (κ2) is 7.54. The Morgan fingerprint density at radius 2 is 2.30 bits per heavy atom. The van der Waals surface area contributed by atoms with Gasteiger partial charge in [0.05, 0.1) is 6.61 Å². The van der Waals surface area contributed by atoms with Crippen LogP contribution in [0.3, 0.4) is 0 Å². The second-order valence-corrected chi connectivity index (χ2v) is 5.45. The molecule has 1 fully saturated rings. The van der Waals surface area contributed by atoms with Crippen molar-refractivity contribution in [1.29, 1.82) is 0 Å². The molecular formula is C15H20ClN5O2. The van der Waals surface area contributed by atoms with Crippen molar-refractivity contribution < 1.29 is 9.53 Å². The number of hydrogen-bond donors (Lipinski definition) is 3. The van der Waals surface area contributed by atoms with Crippen molar-refractivity contribution in [2.24, 2.45) is 5.73 Å². The molecule has 1 atom stereocenters. The molecule has 0 aliphatic heterocycles. The number of methoxy groups -OCH3 is 1. The monoisotopic (exact) mass is 337 g/mol. The van der Waals surface area contributed by atoms with Crippen molar-refractivity contribution in [3.05, 3.63) is 30.1 Å². The Balaban J connectivity index is 0.00000192. The molecule has 1 aromatic carbocycles. The molecule has 1 amide bonds. The van der Waals surface area contributed by atoms with Gasteiger partial charge in [-0.2, -0.15) is 5.10 Å². The molecule has 2 aromatic rings. The van der Waals surface area contributed by atoms with Crippen LogP contribution in [0.25, 0.3) is 11.4 Å². The number of H-pyrrole nitrogens is 1. The van der Waals surface area contributed by atoms with E-state index in [1.54, 1.807) is 6.07 Å². The van der Waals surface area contributed by atoms with Gasteiger partial charge in [0.1, 0.15) is 11.9 Å². The predicted molar refractivity (Wildman–Crippen MR) is 89.5 cm³/mol. The van der Waals surface area contributed by atoms with E-state index >= 15 is 0 Å². The van der Waals surface area contributed by atoms with Gasteiger partial charge in [0, 0.05) is 24.3 Å². The number of benzene rings is 1. The third-order valence-corrected chi connectivity index (χ3v) is 3.54. The number of aromatic amines is 1. The fraction of sp³-hybridized carbons (Fsp3) is 0.400. The zero-order valence-corrected chi connectivity index (χ0v) is 13.6. The number of carbonyl (C=O) groups is 1. The lowest BCUT2D eigenvalue weighted by molar-refractivity contribution is -0.118. The fourth-order valence-electron chi connectivity index (χ4n) is 2.17. The van der Waals surface area contributed by atoms with Crippen molar-refractivity contribution >= 4 is 24.0 Å². The highest BCUT2D eigenvalue weighted by Gasteiger charge is 2.27. The summed E-state index contributed by atoms with van der Waals surface area (Å²) in [4.78, 5) is 16.4.